The van der Waals surface area contributed by atoms with E-state index in [0.717, 1.165) is 18.7 Å². The van der Waals surface area contributed by atoms with Gasteiger partial charge in [-0.3, -0.25) is 0 Å². The van der Waals surface area contributed by atoms with Crippen molar-refractivity contribution >= 4 is 0 Å². The van der Waals surface area contributed by atoms with Gasteiger partial charge in [-0.1, -0.05) is 19.0 Å². The number of rotatable bonds is 3. The van der Waals surface area contributed by atoms with Crippen LogP contribution in [0.4, 0.5) is 0 Å². The molecular formula is C14H20N4O. The van der Waals surface area contributed by atoms with Crippen molar-refractivity contribution in [3.63, 3.8) is 0 Å². The predicted octanol–water partition coefficient (Wildman–Crippen LogP) is 2.38. The largest absolute Gasteiger partial charge is 0.346 e. The number of fused-ring (bicyclic) bond motifs is 1. The van der Waals surface area contributed by atoms with Crippen molar-refractivity contribution in [2.45, 2.75) is 51.6 Å². The second-order valence-electron chi connectivity index (χ2n) is 5.61. The van der Waals surface area contributed by atoms with E-state index in [2.05, 4.69) is 27.1 Å². The lowest BCUT2D eigenvalue weighted by Crippen LogP contribution is -2.15. The first kappa shape index (κ1) is 12.4. The molecule has 19 heavy (non-hydrogen) atoms. The summed E-state index contributed by atoms with van der Waals surface area (Å²) in [5.41, 5.74) is 8.78. The maximum atomic E-state index is 6.13. The van der Waals surface area contributed by atoms with Gasteiger partial charge in [-0.2, -0.15) is 4.98 Å². The third-order valence-electron chi connectivity index (χ3n) is 3.66. The van der Waals surface area contributed by atoms with Crippen molar-refractivity contribution < 1.29 is 4.52 Å². The molecule has 2 N–H and O–H groups in total. The average Bonchev–Trinajstić information content (AvgIpc) is 2.96. The summed E-state index contributed by atoms with van der Waals surface area (Å²) >= 11 is 0. The monoisotopic (exact) mass is 260 g/mol. The second kappa shape index (κ2) is 4.81. The molecule has 2 aromatic rings. The molecule has 5 heteroatoms. The van der Waals surface area contributed by atoms with Crippen LogP contribution in [0.15, 0.2) is 16.9 Å². The van der Waals surface area contributed by atoms with Gasteiger partial charge >= 0.3 is 0 Å². The van der Waals surface area contributed by atoms with E-state index < -0.39 is 0 Å². The normalized spacial score (nSPS) is 18.8. The number of hydrogen-bond donors (Lipinski definition) is 1. The van der Waals surface area contributed by atoms with Crippen LogP contribution in [0.5, 0.6) is 0 Å². The zero-order valence-corrected chi connectivity index (χ0v) is 11.5. The molecule has 5 nitrogen and oxygen atoms in total. The maximum absolute atomic E-state index is 6.13. The summed E-state index contributed by atoms with van der Waals surface area (Å²) in [5, 5.41) is 4.02. The Morgan fingerprint density at radius 1 is 1.47 bits per heavy atom. The summed E-state index contributed by atoms with van der Waals surface area (Å²) in [6, 6.07) is 0.182. The Labute approximate surface area is 112 Å². The summed E-state index contributed by atoms with van der Waals surface area (Å²) in [6.07, 6.45) is 7.68. The van der Waals surface area contributed by atoms with E-state index in [4.69, 9.17) is 10.3 Å². The molecule has 1 unspecified atom stereocenters. The van der Waals surface area contributed by atoms with Crippen molar-refractivity contribution in [3.05, 3.63) is 35.2 Å². The number of nitrogens with zero attached hydrogens (tertiary/aromatic N) is 3. The van der Waals surface area contributed by atoms with Crippen molar-refractivity contribution in [2.75, 3.05) is 0 Å². The highest BCUT2D eigenvalue weighted by Gasteiger charge is 2.19. The minimum Gasteiger partial charge on any atom is -0.346 e. The van der Waals surface area contributed by atoms with Crippen LogP contribution in [0.3, 0.4) is 0 Å². The van der Waals surface area contributed by atoms with Crippen LogP contribution in [-0.4, -0.2) is 14.7 Å². The Bertz CT molecular complexity index is 570. The standard InChI is InChI=1S/C14H20N4O/c1-9(2)14-16-13(17-19-14)8-18-6-10-4-3-5-12(15)11(10)7-18/h6-7,9,12H,3-5,8,15H2,1-2H3. The Hall–Kier alpha value is -1.62. The van der Waals surface area contributed by atoms with Gasteiger partial charge in [0.1, 0.15) is 0 Å². The summed E-state index contributed by atoms with van der Waals surface area (Å²) in [6.45, 7) is 4.74. The van der Waals surface area contributed by atoms with E-state index in [9.17, 15) is 0 Å². The van der Waals surface area contributed by atoms with Gasteiger partial charge in [-0.05, 0) is 30.4 Å². The van der Waals surface area contributed by atoms with Gasteiger partial charge in [0.2, 0.25) is 5.89 Å². The molecule has 1 atom stereocenters. The van der Waals surface area contributed by atoms with E-state index in [0.29, 0.717) is 12.4 Å². The van der Waals surface area contributed by atoms with E-state index in [1.165, 1.54) is 17.5 Å². The van der Waals surface area contributed by atoms with Crippen molar-refractivity contribution in [1.82, 2.24) is 14.7 Å². The van der Waals surface area contributed by atoms with Gasteiger partial charge in [-0.15, -0.1) is 0 Å². The highest BCUT2D eigenvalue weighted by molar-refractivity contribution is 5.30. The van der Waals surface area contributed by atoms with Crippen LogP contribution < -0.4 is 5.73 Å². The number of aromatic nitrogens is 3. The smallest absolute Gasteiger partial charge is 0.229 e. The molecule has 102 valence electrons. The zero-order chi connectivity index (χ0) is 13.4. The van der Waals surface area contributed by atoms with Gasteiger partial charge < -0.3 is 14.8 Å². The molecule has 0 saturated carbocycles. The fourth-order valence-corrected chi connectivity index (χ4v) is 2.61. The van der Waals surface area contributed by atoms with E-state index in [1.54, 1.807) is 0 Å². The number of aryl methyl sites for hydroxylation is 1. The topological polar surface area (TPSA) is 69.9 Å². The van der Waals surface area contributed by atoms with E-state index in [1.807, 2.05) is 13.8 Å². The van der Waals surface area contributed by atoms with Gasteiger partial charge in [0, 0.05) is 24.4 Å². The fourth-order valence-electron chi connectivity index (χ4n) is 2.61. The summed E-state index contributed by atoms with van der Waals surface area (Å²) in [7, 11) is 0. The Kier molecular flexibility index (Phi) is 3.14. The molecule has 2 aromatic heterocycles. The minimum atomic E-state index is 0.182. The molecule has 0 spiro atoms. The summed E-state index contributed by atoms with van der Waals surface area (Å²) < 4.78 is 7.34. The van der Waals surface area contributed by atoms with Crippen molar-refractivity contribution in [3.8, 4) is 0 Å². The molecule has 2 heterocycles. The summed E-state index contributed by atoms with van der Waals surface area (Å²) in [4.78, 5) is 4.40. The second-order valence-corrected chi connectivity index (χ2v) is 5.61. The molecule has 1 aliphatic rings. The first-order valence-electron chi connectivity index (χ1n) is 6.90. The third-order valence-corrected chi connectivity index (χ3v) is 3.66. The molecule has 0 bridgehead atoms. The zero-order valence-electron chi connectivity index (χ0n) is 11.5. The molecule has 0 aromatic carbocycles. The minimum absolute atomic E-state index is 0.182. The van der Waals surface area contributed by atoms with Crippen molar-refractivity contribution in [1.29, 1.82) is 0 Å². The quantitative estimate of drug-likeness (QED) is 0.919. The van der Waals surface area contributed by atoms with Crippen LogP contribution in [0.1, 0.15) is 61.5 Å². The maximum Gasteiger partial charge on any atom is 0.229 e. The Balaban J connectivity index is 1.79. The molecule has 0 fully saturated rings. The molecule has 0 radical (unpaired) electrons. The molecular weight excluding hydrogens is 240 g/mol. The Morgan fingerprint density at radius 2 is 2.32 bits per heavy atom. The third kappa shape index (κ3) is 2.42. The Morgan fingerprint density at radius 3 is 3.00 bits per heavy atom. The molecule has 3 rings (SSSR count). The van der Waals surface area contributed by atoms with Gasteiger partial charge in [0.25, 0.3) is 0 Å². The van der Waals surface area contributed by atoms with Gasteiger partial charge in [0.05, 0.1) is 6.54 Å². The SMILES string of the molecule is CC(C)c1nc(Cn2cc3c(c2)C(N)CCC3)no1. The van der Waals surface area contributed by atoms with E-state index in [-0.39, 0.29) is 12.0 Å². The molecule has 0 saturated heterocycles. The lowest BCUT2D eigenvalue weighted by Gasteiger charge is -2.17. The molecule has 0 amide bonds. The predicted molar refractivity (Wildman–Crippen MR) is 71.8 cm³/mol. The van der Waals surface area contributed by atoms with E-state index >= 15 is 0 Å². The number of hydrogen-bond acceptors (Lipinski definition) is 4. The average molecular weight is 260 g/mol. The number of nitrogens with two attached hydrogens (primary N) is 1. The highest BCUT2D eigenvalue weighted by atomic mass is 16.5. The van der Waals surface area contributed by atoms with Crippen LogP contribution >= 0.6 is 0 Å². The molecule has 0 aliphatic heterocycles. The van der Waals surface area contributed by atoms with Gasteiger partial charge in [-0.25, -0.2) is 0 Å². The van der Waals surface area contributed by atoms with Crippen LogP contribution in [0.2, 0.25) is 0 Å². The van der Waals surface area contributed by atoms with Crippen molar-refractivity contribution in [2.24, 2.45) is 5.73 Å². The van der Waals surface area contributed by atoms with Crippen LogP contribution in [0.25, 0.3) is 0 Å². The van der Waals surface area contributed by atoms with Crippen LogP contribution in [0, 0.1) is 0 Å². The first-order valence-corrected chi connectivity index (χ1v) is 6.90. The van der Waals surface area contributed by atoms with Gasteiger partial charge in [0.15, 0.2) is 5.82 Å². The first-order chi connectivity index (χ1) is 9.13. The lowest BCUT2D eigenvalue weighted by molar-refractivity contribution is 0.360. The highest BCUT2D eigenvalue weighted by Crippen LogP contribution is 2.28. The molecule has 1 aliphatic carbocycles. The lowest BCUT2D eigenvalue weighted by atomic mass is 9.92. The van der Waals surface area contributed by atoms with Crippen LogP contribution in [-0.2, 0) is 13.0 Å². The summed E-state index contributed by atoms with van der Waals surface area (Å²) in [5.74, 6) is 1.70. The fraction of sp³-hybridized carbons (Fsp3) is 0.571.